The van der Waals surface area contributed by atoms with Gasteiger partial charge in [0.2, 0.25) is 5.88 Å². The maximum Gasteiger partial charge on any atom is 0.339 e. The fourth-order valence-corrected chi connectivity index (χ4v) is 2.22. The van der Waals surface area contributed by atoms with Crippen molar-refractivity contribution in [3.63, 3.8) is 0 Å². The predicted octanol–water partition coefficient (Wildman–Crippen LogP) is 3.55. The largest absolute Gasteiger partial charge is 0.478 e. The summed E-state index contributed by atoms with van der Waals surface area (Å²) in [6.07, 6.45) is 1.39. The second-order valence-electron chi connectivity index (χ2n) is 4.74. The first-order valence-corrected chi connectivity index (χ1v) is 6.55. The van der Waals surface area contributed by atoms with Crippen molar-refractivity contribution in [2.45, 2.75) is 13.5 Å². The molecule has 0 saturated carbocycles. The highest BCUT2D eigenvalue weighted by atomic mass is 19.1. The second-order valence-corrected chi connectivity index (χ2v) is 4.74. The van der Waals surface area contributed by atoms with Crippen molar-refractivity contribution in [3.8, 4) is 5.88 Å². The van der Waals surface area contributed by atoms with Gasteiger partial charge in [-0.1, -0.05) is 18.2 Å². The summed E-state index contributed by atoms with van der Waals surface area (Å²) >= 11 is 0. The molecule has 3 rings (SSSR count). The summed E-state index contributed by atoms with van der Waals surface area (Å²) in [5, 5.41) is 9.62. The molecule has 2 heterocycles. The number of carboxylic acids is 1. The molecular formula is C16H12FNO4. The Balaban J connectivity index is 1.90. The zero-order valence-corrected chi connectivity index (χ0v) is 11.7. The number of hydrogen-bond donors (Lipinski definition) is 1. The van der Waals surface area contributed by atoms with E-state index < -0.39 is 5.97 Å². The lowest BCUT2D eigenvalue weighted by atomic mass is 10.1. The van der Waals surface area contributed by atoms with E-state index in [1.165, 1.54) is 18.3 Å². The number of fused-ring (bicyclic) bond motifs is 1. The second kappa shape index (κ2) is 5.48. The first-order valence-electron chi connectivity index (χ1n) is 6.55. The number of aromatic carboxylic acids is 1. The summed E-state index contributed by atoms with van der Waals surface area (Å²) in [7, 11) is 0. The lowest BCUT2D eigenvalue weighted by Gasteiger charge is -2.06. The van der Waals surface area contributed by atoms with Gasteiger partial charge in [0.15, 0.2) is 5.58 Å². The third kappa shape index (κ3) is 2.50. The van der Waals surface area contributed by atoms with Crippen LogP contribution in [0, 0.1) is 12.7 Å². The van der Waals surface area contributed by atoms with Crippen LogP contribution in [0.1, 0.15) is 21.7 Å². The Morgan fingerprint density at radius 2 is 2.18 bits per heavy atom. The standard InChI is InChI=1S/C16H12FNO4/c1-9-15(16(19)20)11-6-14(18-7-13(11)22-9)21-8-10-4-2-3-5-12(10)17/h2-7H,8H2,1H3,(H,19,20). The Bertz CT molecular complexity index is 856. The third-order valence-electron chi connectivity index (χ3n) is 3.27. The van der Waals surface area contributed by atoms with Gasteiger partial charge in [-0.3, -0.25) is 0 Å². The summed E-state index contributed by atoms with van der Waals surface area (Å²) in [5.41, 5.74) is 0.840. The van der Waals surface area contributed by atoms with Crippen LogP contribution in [0.3, 0.4) is 0 Å². The van der Waals surface area contributed by atoms with E-state index in [2.05, 4.69) is 4.98 Å². The Kier molecular flexibility index (Phi) is 3.50. The molecule has 0 aliphatic heterocycles. The van der Waals surface area contributed by atoms with E-state index in [4.69, 9.17) is 9.15 Å². The maximum atomic E-state index is 13.5. The van der Waals surface area contributed by atoms with Crippen LogP contribution in [-0.2, 0) is 6.61 Å². The van der Waals surface area contributed by atoms with Crippen molar-refractivity contribution < 1.29 is 23.4 Å². The minimum Gasteiger partial charge on any atom is -0.478 e. The number of rotatable bonds is 4. The SMILES string of the molecule is Cc1oc2cnc(OCc3ccccc3F)cc2c1C(=O)O. The van der Waals surface area contributed by atoms with Gasteiger partial charge >= 0.3 is 5.97 Å². The molecule has 22 heavy (non-hydrogen) atoms. The van der Waals surface area contributed by atoms with Crippen LogP contribution >= 0.6 is 0 Å². The van der Waals surface area contributed by atoms with E-state index in [0.29, 0.717) is 22.3 Å². The lowest BCUT2D eigenvalue weighted by Crippen LogP contribution is -2.00. The molecule has 1 N–H and O–H groups in total. The van der Waals surface area contributed by atoms with Gasteiger partial charge in [-0.05, 0) is 13.0 Å². The van der Waals surface area contributed by atoms with Crippen LogP contribution in [0.15, 0.2) is 40.9 Å². The quantitative estimate of drug-likeness (QED) is 0.797. The molecule has 112 valence electrons. The van der Waals surface area contributed by atoms with E-state index in [1.807, 2.05) is 0 Å². The highest BCUT2D eigenvalue weighted by Crippen LogP contribution is 2.27. The predicted molar refractivity (Wildman–Crippen MR) is 76.4 cm³/mol. The number of benzene rings is 1. The van der Waals surface area contributed by atoms with E-state index in [9.17, 15) is 14.3 Å². The molecule has 0 fully saturated rings. The normalized spacial score (nSPS) is 10.8. The zero-order valence-electron chi connectivity index (χ0n) is 11.7. The molecule has 0 saturated heterocycles. The number of aromatic nitrogens is 1. The summed E-state index contributed by atoms with van der Waals surface area (Å²) in [6, 6.07) is 7.74. The van der Waals surface area contributed by atoms with Gasteiger partial charge in [0.25, 0.3) is 0 Å². The van der Waals surface area contributed by atoms with Gasteiger partial charge in [0.05, 0.1) is 6.20 Å². The van der Waals surface area contributed by atoms with Crippen LogP contribution in [0.2, 0.25) is 0 Å². The molecule has 0 atom stereocenters. The number of hydrogen-bond acceptors (Lipinski definition) is 4. The van der Waals surface area contributed by atoms with Crippen molar-refractivity contribution >= 4 is 16.9 Å². The van der Waals surface area contributed by atoms with Crippen molar-refractivity contribution in [1.82, 2.24) is 4.98 Å². The Morgan fingerprint density at radius 3 is 2.91 bits per heavy atom. The van der Waals surface area contributed by atoms with Gasteiger partial charge in [-0.25, -0.2) is 14.2 Å². The lowest BCUT2D eigenvalue weighted by molar-refractivity contribution is 0.0697. The van der Waals surface area contributed by atoms with Crippen molar-refractivity contribution in [2.24, 2.45) is 0 Å². The minimum absolute atomic E-state index is 0.00438. The molecule has 0 bridgehead atoms. The van der Waals surface area contributed by atoms with Gasteiger partial charge in [-0.2, -0.15) is 0 Å². The molecular weight excluding hydrogens is 289 g/mol. The summed E-state index contributed by atoms with van der Waals surface area (Å²) < 4.78 is 24.3. The Labute approximate surface area is 125 Å². The van der Waals surface area contributed by atoms with Gasteiger partial charge in [0.1, 0.15) is 23.7 Å². The van der Waals surface area contributed by atoms with Crippen LogP contribution in [0.25, 0.3) is 11.0 Å². The molecule has 0 unspecified atom stereocenters. The molecule has 0 amide bonds. The van der Waals surface area contributed by atoms with Crippen LogP contribution in [-0.4, -0.2) is 16.1 Å². The van der Waals surface area contributed by atoms with Crippen LogP contribution in [0.5, 0.6) is 5.88 Å². The summed E-state index contributed by atoms with van der Waals surface area (Å²) in [5.74, 6) is -0.939. The average Bonchev–Trinajstić information content (AvgIpc) is 2.81. The Morgan fingerprint density at radius 1 is 1.41 bits per heavy atom. The topological polar surface area (TPSA) is 72.6 Å². The Hall–Kier alpha value is -2.89. The molecule has 2 aromatic heterocycles. The minimum atomic E-state index is -1.08. The highest BCUT2D eigenvalue weighted by Gasteiger charge is 2.18. The van der Waals surface area contributed by atoms with E-state index in [1.54, 1.807) is 25.1 Å². The number of nitrogens with zero attached hydrogens (tertiary/aromatic N) is 1. The number of pyridine rings is 1. The van der Waals surface area contributed by atoms with E-state index in [0.717, 1.165) is 0 Å². The average molecular weight is 301 g/mol. The van der Waals surface area contributed by atoms with E-state index >= 15 is 0 Å². The number of halogens is 1. The monoisotopic (exact) mass is 301 g/mol. The molecule has 0 aliphatic carbocycles. The number of furan rings is 1. The van der Waals surface area contributed by atoms with Gasteiger partial charge < -0.3 is 14.3 Å². The van der Waals surface area contributed by atoms with E-state index in [-0.39, 0.29) is 23.9 Å². The maximum absolute atomic E-state index is 13.5. The van der Waals surface area contributed by atoms with Crippen molar-refractivity contribution in [2.75, 3.05) is 0 Å². The highest BCUT2D eigenvalue weighted by molar-refractivity contribution is 6.03. The van der Waals surface area contributed by atoms with Crippen molar-refractivity contribution in [1.29, 1.82) is 0 Å². The molecule has 1 aromatic carbocycles. The number of carboxylic acid groups (broad SMARTS) is 1. The first kappa shape index (κ1) is 14.1. The molecule has 6 heteroatoms. The summed E-state index contributed by atoms with van der Waals surface area (Å²) in [6.45, 7) is 1.58. The van der Waals surface area contributed by atoms with Gasteiger partial charge in [-0.15, -0.1) is 0 Å². The van der Waals surface area contributed by atoms with Crippen LogP contribution in [0.4, 0.5) is 4.39 Å². The van der Waals surface area contributed by atoms with Crippen molar-refractivity contribution in [3.05, 3.63) is 59.2 Å². The molecule has 3 aromatic rings. The summed E-state index contributed by atoms with van der Waals surface area (Å²) in [4.78, 5) is 15.3. The number of carbonyl (C=O) groups is 1. The fraction of sp³-hybridized carbons (Fsp3) is 0.125. The third-order valence-corrected chi connectivity index (χ3v) is 3.27. The van der Waals surface area contributed by atoms with Crippen LogP contribution < -0.4 is 4.74 Å². The number of aryl methyl sites for hydroxylation is 1. The fourth-order valence-electron chi connectivity index (χ4n) is 2.22. The zero-order chi connectivity index (χ0) is 15.7. The van der Waals surface area contributed by atoms with Gasteiger partial charge in [0, 0.05) is 17.0 Å². The smallest absolute Gasteiger partial charge is 0.339 e. The first-order chi connectivity index (χ1) is 10.6. The molecule has 0 spiro atoms. The number of ether oxygens (including phenoxy) is 1. The molecule has 5 nitrogen and oxygen atoms in total. The molecule has 0 aliphatic rings. The molecule has 0 radical (unpaired) electrons.